The zero-order chi connectivity index (χ0) is 20.5. The molecule has 28 heavy (non-hydrogen) atoms. The number of nitriles is 2. The average Bonchev–Trinajstić information content (AvgIpc) is 2.67. The van der Waals surface area contributed by atoms with Crippen LogP contribution in [-0.4, -0.2) is 4.99 Å². The van der Waals surface area contributed by atoms with Gasteiger partial charge in [-0.25, -0.2) is 0 Å². The fourth-order valence-electron chi connectivity index (χ4n) is 3.49. The molecule has 2 aromatic rings. The minimum absolute atomic E-state index is 0.0395. The van der Waals surface area contributed by atoms with E-state index in [-0.39, 0.29) is 4.99 Å². The lowest BCUT2D eigenvalue weighted by Gasteiger charge is -2.44. The van der Waals surface area contributed by atoms with E-state index >= 15 is 0 Å². The summed E-state index contributed by atoms with van der Waals surface area (Å²) in [4.78, 5) is 0.0395. The van der Waals surface area contributed by atoms with Crippen LogP contribution in [0.5, 0.6) is 0 Å². The summed E-state index contributed by atoms with van der Waals surface area (Å²) >= 11 is 13.6. The van der Waals surface area contributed by atoms with Crippen LogP contribution in [0.15, 0.2) is 68.1 Å². The normalized spacial score (nSPS) is 24.3. The minimum atomic E-state index is -1.32. The molecule has 0 amide bonds. The summed E-state index contributed by atoms with van der Waals surface area (Å²) in [5.41, 5.74) is 13.1. The van der Waals surface area contributed by atoms with E-state index in [0.29, 0.717) is 10.6 Å². The number of nitrogens with two attached hydrogens (primary N) is 2. The van der Waals surface area contributed by atoms with Crippen LogP contribution in [-0.2, 0) is 0 Å². The topological polar surface area (TPSA) is 99.6 Å². The molecule has 1 heterocycles. The molecule has 140 valence electrons. The van der Waals surface area contributed by atoms with Gasteiger partial charge in [-0.3, -0.25) is 0 Å². The van der Waals surface area contributed by atoms with Crippen LogP contribution in [0.2, 0.25) is 0 Å². The predicted octanol–water partition coefficient (Wildman–Crippen LogP) is 5.27. The van der Waals surface area contributed by atoms with Gasteiger partial charge in [-0.2, -0.15) is 10.5 Å². The summed E-state index contributed by atoms with van der Waals surface area (Å²) in [5, 5.41) is 20.2. The van der Waals surface area contributed by atoms with Crippen molar-refractivity contribution in [2.45, 2.75) is 11.2 Å². The highest BCUT2D eigenvalue weighted by Gasteiger charge is 2.55. The summed E-state index contributed by atoms with van der Waals surface area (Å²) in [5.74, 6) is -0.678. The molecule has 0 fully saturated rings. The van der Waals surface area contributed by atoms with E-state index in [2.05, 4.69) is 44.0 Å². The lowest BCUT2D eigenvalue weighted by Crippen LogP contribution is -2.47. The Labute approximate surface area is 189 Å². The highest BCUT2D eigenvalue weighted by molar-refractivity contribution is 9.10. The molecule has 4 N–H and O–H groups in total. The second kappa shape index (κ2) is 8.26. The van der Waals surface area contributed by atoms with Gasteiger partial charge in [-0.15, -0.1) is 0 Å². The fourth-order valence-corrected chi connectivity index (χ4v) is 6.01. The third-order valence-electron chi connectivity index (χ3n) is 4.71. The van der Waals surface area contributed by atoms with Gasteiger partial charge in [0.15, 0.2) is 0 Å². The number of hydrogen-bond acceptors (Lipinski definition) is 5. The third-order valence-corrected chi connectivity index (χ3v) is 7.39. The Kier molecular flexibility index (Phi) is 6.16. The van der Waals surface area contributed by atoms with Gasteiger partial charge in [0.25, 0.3) is 0 Å². The number of halogens is 2. The lowest BCUT2D eigenvalue weighted by molar-refractivity contribution is 0.462. The number of hydrogen-bond donors (Lipinski definition) is 2. The number of thioether (sulfide) groups is 1. The molecule has 3 rings (SSSR count). The Bertz CT molecular complexity index is 1070. The van der Waals surface area contributed by atoms with E-state index in [4.69, 9.17) is 23.7 Å². The van der Waals surface area contributed by atoms with Crippen LogP contribution < -0.4 is 11.5 Å². The molecule has 0 saturated carbocycles. The summed E-state index contributed by atoms with van der Waals surface area (Å²) in [7, 11) is 0. The number of benzene rings is 2. The quantitative estimate of drug-likeness (QED) is 0.521. The molecule has 1 aliphatic rings. The van der Waals surface area contributed by atoms with Gasteiger partial charge in [0.1, 0.15) is 5.41 Å². The molecule has 0 unspecified atom stereocenters. The highest BCUT2D eigenvalue weighted by atomic mass is 79.9. The molecule has 2 aromatic carbocycles. The molecule has 0 spiro atoms. The zero-order valence-corrected chi connectivity index (χ0v) is 19.2. The Morgan fingerprint density at radius 1 is 1.07 bits per heavy atom. The van der Waals surface area contributed by atoms with Gasteiger partial charge in [0.05, 0.1) is 33.0 Å². The Morgan fingerprint density at radius 3 is 2.14 bits per heavy atom. The molecule has 0 aromatic heterocycles. The van der Waals surface area contributed by atoms with Crippen LogP contribution in [0, 0.1) is 28.1 Å². The molecular weight excluding hydrogens is 520 g/mol. The lowest BCUT2D eigenvalue weighted by atomic mass is 9.65. The molecule has 8 heteroatoms. The first-order valence-corrected chi connectivity index (χ1v) is 11.0. The van der Waals surface area contributed by atoms with Gasteiger partial charge in [0.2, 0.25) is 0 Å². The van der Waals surface area contributed by atoms with Crippen molar-refractivity contribution < 1.29 is 0 Å². The van der Waals surface area contributed by atoms with Crippen LogP contribution >= 0.6 is 55.8 Å². The van der Waals surface area contributed by atoms with Crippen molar-refractivity contribution in [2.24, 2.45) is 16.9 Å². The van der Waals surface area contributed by atoms with Crippen molar-refractivity contribution in [3.63, 3.8) is 0 Å². The molecule has 0 bridgehead atoms. The summed E-state index contributed by atoms with van der Waals surface area (Å²) in [6.07, 6.45) is 0. The monoisotopic (exact) mass is 532 g/mol. The van der Waals surface area contributed by atoms with Crippen LogP contribution in [0.1, 0.15) is 22.3 Å². The molecular formula is C20H14Br2N4S2. The minimum Gasteiger partial charge on any atom is -0.393 e. The smallest absolute Gasteiger partial charge is 0.135 e. The maximum Gasteiger partial charge on any atom is 0.135 e. The second-order valence-electron chi connectivity index (χ2n) is 6.28. The first kappa shape index (κ1) is 20.9. The van der Waals surface area contributed by atoms with Crippen molar-refractivity contribution in [2.75, 3.05) is 0 Å². The van der Waals surface area contributed by atoms with Gasteiger partial charge in [0, 0.05) is 14.9 Å². The van der Waals surface area contributed by atoms with E-state index in [1.807, 2.05) is 48.5 Å². The maximum atomic E-state index is 10.4. The van der Waals surface area contributed by atoms with Crippen LogP contribution in [0.4, 0.5) is 0 Å². The van der Waals surface area contributed by atoms with Crippen molar-refractivity contribution in [3.05, 3.63) is 79.2 Å². The largest absolute Gasteiger partial charge is 0.393 e. The van der Waals surface area contributed by atoms with E-state index in [1.165, 1.54) is 11.8 Å². The predicted molar refractivity (Wildman–Crippen MR) is 123 cm³/mol. The molecule has 4 nitrogen and oxygen atoms in total. The van der Waals surface area contributed by atoms with Crippen molar-refractivity contribution in [1.82, 2.24) is 0 Å². The van der Waals surface area contributed by atoms with Gasteiger partial charge < -0.3 is 11.5 Å². The molecule has 0 saturated heterocycles. The van der Waals surface area contributed by atoms with E-state index < -0.39 is 16.6 Å². The van der Waals surface area contributed by atoms with Crippen LogP contribution in [0.3, 0.4) is 0 Å². The Morgan fingerprint density at radius 2 is 1.64 bits per heavy atom. The maximum absolute atomic E-state index is 10.4. The number of thiocarbonyl (C=S) groups is 1. The SMILES string of the molecule is N#CC1=C(N)S[C@@H](c2cccc(Br)c2)[C@@](C#N)(C(N)=S)[C@@H]1c1cccc(Br)c1. The number of allylic oxidation sites excluding steroid dienone is 1. The van der Waals surface area contributed by atoms with Crippen molar-refractivity contribution in [1.29, 1.82) is 10.5 Å². The highest BCUT2D eigenvalue weighted by Crippen LogP contribution is 2.60. The van der Waals surface area contributed by atoms with E-state index in [0.717, 1.165) is 20.1 Å². The average molecular weight is 534 g/mol. The molecule has 0 aliphatic carbocycles. The first-order valence-electron chi connectivity index (χ1n) is 8.13. The first-order chi connectivity index (χ1) is 13.3. The van der Waals surface area contributed by atoms with Gasteiger partial charge in [-0.1, -0.05) is 80.1 Å². The van der Waals surface area contributed by atoms with Crippen molar-refractivity contribution >= 4 is 60.8 Å². The van der Waals surface area contributed by atoms with Crippen molar-refractivity contribution in [3.8, 4) is 12.1 Å². The van der Waals surface area contributed by atoms with Gasteiger partial charge in [-0.05, 0) is 35.4 Å². The van der Waals surface area contributed by atoms with Crippen LogP contribution in [0.25, 0.3) is 0 Å². The Hall–Kier alpha value is -1.84. The van der Waals surface area contributed by atoms with E-state index in [9.17, 15) is 10.5 Å². The summed E-state index contributed by atoms with van der Waals surface area (Å²) < 4.78 is 1.70. The zero-order valence-electron chi connectivity index (χ0n) is 14.4. The third kappa shape index (κ3) is 3.46. The summed E-state index contributed by atoms with van der Waals surface area (Å²) in [6, 6.07) is 19.6. The fraction of sp³-hybridized carbons (Fsp3) is 0.150. The van der Waals surface area contributed by atoms with E-state index in [1.54, 1.807) is 0 Å². The number of nitrogens with zero attached hydrogens (tertiary/aromatic N) is 2. The number of rotatable bonds is 3. The molecule has 3 atom stereocenters. The second-order valence-corrected chi connectivity index (χ2v) is 9.69. The Balaban J connectivity index is 2.36. The van der Waals surface area contributed by atoms with Gasteiger partial charge >= 0.3 is 0 Å². The summed E-state index contributed by atoms with van der Waals surface area (Å²) in [6.45, 7) is 0. The molecule has 0 radical (unpaired) electrons. The standard InChI is InChI=1S/C20H14Br2N4S2/c21-13-5-1-3-11(7-13)16-15(9-23)18(25)28-17(20(16,10-24)19(26)27)12-4-2-6-14(22)8-12/h1-8,16-17H,25H2,(H2,26,27)/t16-,17+,20+/m1/s1. The molecule has 1 aliphatic heterocycles.